The average molecular weight is 341 g/mol. The van der Waals surface area contributed by atoms with Crippen molar-refractivity contribution in [3.8, 4) is 0 Å². The van der Waals surface area contributed by atoms with E-state index in [0.717, 1.165) is 18.4 Å². The molecule has 6 heteroatoms. The lowest BCUT2D eigenvalue weighted by atomic mass is 9.98. The molecule has 0 aliphatic carbocycles. The van der Waals surface area contributed by atoms with Crippen LogP contribution in [0.25, 0.3) is 0 Å². The molecule has 1 aliphatic rings. The molecular formula is C17H25ClN2O3. The number of ether oxygens (including phenoxy) is 1. The first-order chi connectivity index (χ1) is 10.9. The van der Waals surface area contributed by atoms with E-state index < -0.39 is 5.60 Å². The summed E-state index contributed by atoms with van der Waals surface area (Å²) in [5.74, 6) is 0. The zero-order chi connectivity index (χ0) is 16.9. The van der Waals surface area contributed by atoms with E-state index >= 15 is 0 Å². The van der Waals surface area contributed by atoms with Gasteiger partial charge in [-0.1, -0.05) is 23.7 Å². The van der Waals surface area contributed by atoms with Crippen molar-refractivity contribution in [3.63, 3.8) is 0 Å². The maximum absolute atomic E-state index is 12.5. The molecule has 0 saturated carbocycles. The van der Waals surface area contributed by atoms with Gasteiger partial charge in [0.15, 0.2) is 0 Å². The van der Waals surface area contributed by atoms with Crippen LogP contribution < -0.4 is 5.32 Å². The van der Waals surface area contributed by atoms with E-state index in [4.69, 9.17) is 16.3 Å². The van der Waals surface area contributed by atoms with E-state index in [2.05, 4.69) is 5.32 Å². The quantitative estimate of drug-likeness (QED) is 0.885. The molecule has 0 unspecified atom stereocenters. The van der Waals surface area contributed by atoms with Crippen LogP contribution in [0.2, 0.25) is 5.02 Å². The first-order valence-corrected chi connectivity index (χ1v) is 8.31. The van der Waals surface area contributed by atoms with Crippen molar-refractivity contribution in [2.24, 2.45) is 0 Å². The number of halogens is 1. The van der Waals surface area contributed by atoms with E-state index in [1.54, 1.807) is 24.1 Å². The van der Waals surface area contributed by atoms with Crippen molar-refractivity contribution in [2.45, 2.75) is 37.8 Å². The Hall–Kier alpha value is -1.30. The third-order valence-corrected chi connectivity index (χ3v) is 4.51. The molecule has 0 bridgehead atoms. The number of hydrogen-bond donors (Lipinski definition) is 2. The first kappa shape index (κ1) is 18.0. The highest BCUT2D eigenvalue weighted by molar-refractivity contribution is 6.30. The fourth-order valence-corrected chi connectivity index (χ4v) is 2.92. The third-order valence-electron chi connectivity index (χ3n) is 4.25. The molecule has 0 aromatic heterocycles. The molecule has 2 rings (SSSR count). The van der Waals surface area contributed by atoms with Crippen LogP contribution in [-0.2, 0) is 4.74 Å². The van der Waals surface area contributed by atoms with Gasteiger partial charge >= 0.3 is 6.03 Å². The van der Waals surface area contributed by atoms with Gasteiger partial charge < -0.3 is 20.1 Å². The SMILES string of the molecule is COC[C@H](NC(=O)N1CCC[C@](C)(O)CC1)c1ccc(Cl)cc1. The van der Waals surface area contributed by atoms with Gasteiger partial charge in [0.2, 0.25) is 0 Å². The number of benzene rings is 1. The molecule has 1 aromatic carbocycles. The van der Waals surface area contributed by atoms with Crippen LogP contribution in [0.5, 0.6) is 0 Å². The van der Waals surface area contributed by atoms with Crippen LogP contribution >= 0.6 is 11.6 Å². The Balaban J connectivity index is 2.01. The van der Waals surface area contributed by atoms with Crippen molar-refractivity contribution in [3.05, 3.63) is 34.9 Å². The van der Waals surface area contributed by atoms with E-state index in [1.165, 1.54) is 0 Å². The first-order valence-electron chi connectivity index (χ1n) is 7.93. The highest BCUT2D eigenvalue weighted by Gasteiger charge is 2.28. The van der Waals surface area contributed by atoms with Crippen LogP contribution in [0.15, 0.2) is 24.3 Å². The van der Waals surface area contributed by atoms with Gasteiger partial charge in [-0.05, 0) is 43.9 Å². The Kier molecular flexibility index (Phi) is 6.27. The van der Waals surface area contributed by atoms with Crippen LogP contribution in [-0.4, -0.2) is 48.4 Å². The number of urea groups is 1. The summed E-state index contributed by atoms with van der Waals surface area (Å²) >= 11 is 5.92. The number of amides is 2. The van der Waals surface area contributed by atoms with Gasteiger partial charge in [0, 0.05) is 25.2 Å². The Morgan fingerprint density at radius 1 is 1.39 bits per heavy atom. The number of nitrogens with zero attached hydrogens (tertiary/aromatic N) is 1. The van der Waals surface area contributed by atoms with Gasteiger partial charge in [0.25, 0.3) is 0 Å². The van der Waals surface area contributed by atoms with Gasteiger partial charge in [-0.3, -0.25) is 0 Å². The number of nitrogens with one attached hydrogen (secondary N) is 1. The van der Waals surface area contributed by atoms with Crippen LogP contribution in [0.4, 0.5) is 4.79 Å². The second kappa shape index (κ2) is 7.99. The van der Waals surface area contributed by atoms with E-state index in [0.29, 0.717) is 31.1 Å². The van der Waals surface area contributed by atoms with Crippen molar-refractivity contribution < 1.29 is 14.6 Å². The molecule has 128 valence electrons. The largest absolute Gasteiger partial charge is 0.390 e. The fourth-order valence-electron chi connectivity index (χ4n) is 2.79. The van der Waals surface area contributed by atoms with Crippen LogP contribution in [0.3, 0.4) is 0 Å². The second-order valence-electron chi connectivity index (χ2n) is 6.35. The molecule has 1 saturated heterocycles. The Bertz CT molecular complexity index is 519. The maximum atomic E-state index is 12.5. The van der Waals surface area contributed by atoms with Crippen LogP contribution in [0, 0.1) is 0 Å². The lowest BCUT2D eigenvalue weighted by molar-refractivity contribution is 0.0456. The van der Waals surface area contributed by atoms with Gasteiger partial charge in [-0.15, -0.1) is 0 Å². The monoisotopic (exact) mass is 340 g/mol. The Morgan fingerprint density at radius 3 is 2.74 bits per heavy atom. The molecule has 23 heavy (non-hydrogen) atoms. The smallest absolute Gasteiger partial charge is 0.317 e. The number of aliphatic hydroxyl groups is 1. The van der Waals surface area contributed by atoms with E-state index in [9.17, 15) is 9.90 Å². The van der Waals surface area contributed by atoms with Crippen molar-refractivity contribution >= 4 is 17.6 Å². The molecule has 1 aromatic rings. The summed E-state index contributed by atoms with van der Waals surface area (Å²) in [6.07, 6.45) is 2.11. The highest BCUT2D eigenvalue weighted by atomic mass is 35.5. The third kappa shape index (κ3) is 5.37. The number of carbonyl (C=O) groups is 1. The topological polar surface area (TPSA) is 61.8 Å². The number of carbonyl (C=O) groups excluding carboxylic acids is 1. The molecule has 2 N–H and O–H groups in total. The molecule has 5 nitrogen and oxygen atoms in total. The maximum Gasteiger partial charge on any atom is 0.317 e. The summed E-state index contributed by atoms with van der Waals surface area (Å²) < 4.78 is 5.23. The summed E-state index contributed by atoms with van der Waals surface area (Å²) in [5, 5.41) is 13.8. The molecule has 0 spiro atoms. The van der Waals surface area contributed by atoms with Gasteiger partial charge in [-0.2, -0.15) is 0 Å². The van der Waals surface area contributed by atoms with Gasteiger partial charge in [0.05, 0.1) is 18.2 Å². The van der Waals surface area contributed by atoms with Gasteiger partial charge in [0.1, 0.15) is 0 Å². The number of hydrogen-bond acceptors (Lipinski definition) is 3. The number of methoxy groups -OCH3 is 1. The molecule has 2 atom stereocenters. The number of likely N-dealkylation sites (tertiary alicyclic amines) is 1. The highest BCUT2D eigenvalue weighted by Crippen LogP contribution is 2.22. The summed E-state index contributed by atoms with van der Waals surface area (Å²) in [4.78, 5) is 14.3. The molecular weight excluding hydrogens is 316 g/mol. The molecule has 1 fully saturated rings. The second-order valence-corrected chi connectivity index (χ2v) is 6.78. The van der Waals surface area contributed by atoms with E-state index in [-0.39, 0.29) is 12.1 Å². The molecule has 0 radical (unpaired) electrons. The summed E-state index contributed by atoms with van der Waals surface area (Å²) in [7, 11) is 1.61. The minimum Gasteiger partial charge on any atom is -0.390 e. The molecule has 2 amide bonds. The Morgan fingerprint density at radius 2 is 2.09 bits per heavy atom. The zero-order valence-electron chi connectivity index (χ0n) is 13.7. The summed E-state index contributed by atoms with van der Waals surface area (Å²) in [6.45, 7) is 3.43. The van der Waals surface area contributed by atoms with Crippen molar-refractivity contribution in [2.75, 3.05) is 26.8 Å². The van der Waals surface area contributed by atoms with Gasteiger partial charge in [-0.25, -0.2) is 4.79 Å². The molecule has 1 aliphatic heterocycles. The summed E-state index contributed by atoms with van der Waals surface area (Å²) in [5.41, 5.74) is 0.267. The Labute approximate surface area is 142 Å². The van der Waals surface area contributed by atoms with Crippen LogP contribution in [0.1, 0.15) is 37.8 Å². The minimum atomic E-state index is -0.683. The minimum absolute atomic E-state index is 0.125. The number of rotatable bonds is 4. The normalized spacial score (nSPS) is 23.2. The summed E-state index contributed by atoms with van der Waals surface area (Å²) in [6, 6.07) is 7.02. The average Bonchev–Trinajstić information content (AvgIpc) is 2.68. The van der Waals surface area contributed by atoms with E-state index in [1.807, 2.05) is 19.1 Å². The predicted molar refractivity (Wildman–Crippen MR) is 90.6 cm³/mol. The lowest BCUT2D eigenvalue weighted by Gasteiger charge is -2.26. The lowest BCUT2D eigenvalue weighted by Crippen LogP contribution is -2.43. The van der Waals surface area contributed by atoms with Crippen molar-refractivity contribution in [1.82, 2.24) is 10.2 Å². The standard InChI is InChI=1S/C17H25ClN2O3/c1-17(22)8-3-10-20(11-9-17)16(21)19-15(12-23-2)13-4-6-14(18)7-5-13/h4-7,15,22H,3,8-12H2,1-2H3,(H,19,21)/t15-,17-/m0/s1. The zero-order valence-corrected chi connectivity index (χ0v) is 14.5. The molecule has 1 heterocycles. The fraction of sp³-hybridized carbons (Fsp3) is 0.588. The predicted octanol–water partition coefficient (Wildman–Crippen LogP) is 2.97. The van der Waals surface area contributed by atoms with Crippen molar-refractivity contribution in [1.29, 1.82) is 0 Å².